The summed E-state index contributed by atoms with van der Waals surface area (Å²) in [6.45, 7) is 5.95. The van der Waals surface area contributed by atoms with Crippen LogP contribution in [0.4, 0.5) is 0 Å². The molecule has 2 N–H and O–H groups in total. The number of nitrogens with zero attached hydrogens (tertiary/aromatic N) is 1. The predicted octanol–water partition coefficient (Wildman–Crippen LogP) is 1.33. The molecule has 1 heterocycles. The van der Waals surface area contributed by atoms with Gasteiger partial charge in [0.05, 0.1) is 12.8 Å². The van der Waals surface area contributed by atoms with Gasteiger partial charge in [-0.3, -0.25) is 9.69 Å². The van der Waals surface area contributed by atoms with Crippen LogP contribution in [0, 0.1) is 11.8 Å². The third-order valence-corrected chi connectivity index (χ3v) is 5.98. The summed E-state index contributed by atoms with van der Waals surface area (Å²) in [5.74, 6) is 0.689. The van der Waals surface area contributed by atoms with Crippen LogP contribution in [0.1, 0.15) is 52.4 Å². The van der Waals surface area contributed by atoms with Crippen molar-refractivity contribution in [2.45, 2.75) is 64.5 Å². The zero-order valence-corrected chi connectivity index (χ0v) is 16.1. The van der Waals surface area contributed by atoms with Gasteiger partial charge in [0.1, 0.15) is 0 Å². The molecule has 0 aromatic heterocycles. The quantitative estimate of drug-likeness (QED) is 0.702. The van der Waals surface area contributed by atoms with Crippen molar-refractivity contribution in [3.8, 4) is 0 Å². The fraction of sp³-hybridized carbons (Fsp3) is 0.941. The highest BCUT2D eigenvalue weighted by atomic mass is 32.2. The number of likely N-dealkylation sites (tertiary alicyclic amines) is 1. The van der Waals surface area contributed by atoms with E-state index in [4.69, 9.17) is 0 Å². The van der Waals surface area contributed by atoms with Crippen molar-refractivity contribution >= 4 is 15.9 Å². The van der Waals surface area contributed by atoms with Gasteiger partial charge in [-0.2, -0.15) is 0 Å². The number of sulfonamides is 1. The van der Waals surface area contributed by atoms with E-state index in [0.717, 1.165) is 19.4 Å². The van der Waals surface area contributed by atoms with Crippen LogP contribution in [0.25, 0.3) is 0 Å². The largest absolute Gasteiger partial charge is 0.352 e. The topological polar surface area (TPSA) is 78.5 Å². The van der Waals surface area contributed by atoms with E-state index in [1.54, 1.807) is 0 Å². The molecule has 0 unspecified atom stereocenters. The third-order valence-electron chi connectivity index (χ3n) is 5.25. The normalized spacial score (nSPS) is 27.3. The Morgan fingerprint density at radius 3 is 2.29 bits per heavy atom. The molecular formula is C17H33N3O3S. The fourth-order valence-corrected chi connectivity index (χ4v) is 4.82. The molecule has 24 heavy (non-hydrogen) atoms. The number of hydrogen-bond acceptors (Lipinski definition) is 4. The molecule has 2 atom stereocenters. The number of amides is 1. The highest BCUT2D eigenvalue weighted by molar-refractivity contribution is 7.88. The van der Waals surface area contributed by atoms with Gasteiger partial charge >= 0.3 is 0 Å². The van der Waals surface area contributed by atoms with E-state index in [1.807, 2.05) is 0 Å². The fourth-order valence-electron chi connectivity index (χ4n) is 4.02. The minimum Gasteiger partial charge on any atom is -0.352 e. The summed E-state index contributed by atoms with van der Waals surface area (Å²) >= 11 is 0. The average molecular weight is 360 g/mol. The number of rotatable bonds is 6. The van der Waals surface area contributed by atoms with Gasteiger partial charge in [0.2, 0.25) is 15.9 Å². The van der Waals surface area contributed by atoms with Gasteiger partial charge in [0.25, 0.3) is 0 Å². The van der Waals surface area contributed by atoms with Gasteiger partial charge in [-0.25, -0.2) is 13.1 Å². The molecule has 7 heteroatoms. The Morgan fingerprint density at radius 2 is 1.75 bits per heavy atom. The highest BCUT2D eigenvalue weighted by Crippen LogP contribution is 2.25. The van der Waals surface area contributed by atoms with E-state index in [2.05, 4.69) is 28.8 Å². The van der Waals surface area contributed by atoms with Crippen LogP contribution in [-0.2, 0) is 14.8 Å². The molecule has 2 rings (SSSR count). The van der Waals surface area contributed by atoms with Gasteiger partial charge < -0.3 is 5.32 Å². The SMILES string of the molecule is CC(C)[C@H]1CN(CC(=O)NC2CCCCCC2)C[C@@H]1NS(C)(=O)=O. The lowest BCUT2D eigenvalue weighted by Crippen LogP contribution is -2.43. The summed E-state index contributed by atoms with van der Waals surface area (Å²) in [6, 6.07) is 0.208. The number of carbonyl (C=O) groups is 1. The summed E-state index contributed by atoms with van der Waals surface area (Å²) in [4.78, 5) is 14.4. The molecule has 0 spiro atoms. The van der Waals surface area contributed by atoms with Gasteiger partial charge in [-0.05, 0) is 24.7 Å². The molecule has 6 nitrogen and oxygen atoms in total. The van der Waals surface area contributed by atoms with Gasteiger partial charge in [0.15, 0.2) is 0 Å². The summed E-state index contributed by atoms with van der Waals surface area (Å²) in [5, 5.41) is 3.17. The van der Waals surface area contributed by atoms with Gasteiger partial charge in [-0.1, -0.05) is 39.5 Å². The molecule has 1 saturated heterocycles. The molecule has 0 aromatic rings. The Balaban J connectivity index is 1.86. The lowest BCUT2D eigenvalue weighted by atomic mass is 9.92. The van der Waals surface area contributed by atoms with Gasteiger partial charge in [-0.15, -0.1) is 0 Å². The van der Waals surface area contributed by atoms with Crippen LogP contribution >= 0.6 is 0 Å². The van der Waals surface area contributed by atoms with Crippen molar-refractivity contribution in [1.82, 2.24) is 14.9 Å². The molecular weight excluding hydrogens is 326 g/mol. The maximum atomic E-state index is 12.4. The minimum atomic E-state index is -3.23. The molecule has 2 fully saturated rings. The van der Waals surface area contributed by atoms with Crippen LogP contribution in [0.3, 0.4) is 0 Å². The Morgan fingerprint density at radius 1 is 1.12 bits per heavy atom. The van der Waals surface area contributed by atoms with E-state index in [1.165, 1.54) is 31.9 Å². The first-order chi connectivity index (χ1) is 11.2. The van der Waals surface area contributed by atoms with Crippen LogP contribution in [0.5, 0.6) is 0 Å². The number of hydrogen-bond donors (Lipinski definition) is 2. The van der Waals surface area contributed by atoms with E-state index < -0.39 is 10.0 Å². The lowest BCUT2D eigenvalue weighted by Gasteiger charge is -2.21. The number of nitrogens with one attached hydrogen (secondary N) is 2. The van der Waals surface area contributed by atoms with Crippen molar-refractivity contribution in [2.75, 3.05) is 25.9 Å². The van der Waals surface area contributed by atoms with Crippen LogP contribution in [-0.4, -0.2) is 57.2 Å². The lowest BCUT2D eigenvalue weighted by molar-refractivity contribution is -0.122. The molecule has 2 aliphatic rings. The molecule has 0 aromatic carbocycles. The van der Waals surface area contributed by atoms with Crippen molar-refractivity contribution in [3.63, 3.8) is 0 Å². The highest BCUT2D eigenvalue weighted by Gasteiger charge is 2.36. The van der Waals surface area contributed by atoms with Crippen molar-refractivity contribution < 1.29 is 13.2 Å². The molecule has 1 amide bonds. The first-order valence-corrected chi connectivity index (χ1v) is 11.1. The van der Waals surface area contributed by atoms with Crippen molar-refractivity contribution in [3.05, 3.63) is 0 Å². The summed E-state index contributed by atoms with van der Waals surface area (Å²) in [6.07, 6.45) is 8.30. The molecule has 0 radical (unpaired) electrons. The van der Waals surface area contributed by atoms with Crippen LogP contribution < -0.4 is 10.0 Å². The number of carbonyl (C=O) groups excluding carboxylic acids is 1. The first-order valence-electron chi connectivity index (χ1n) is 9.23. The van der Waals surface area contributed by atoms with E-state index in [-0.39, 0.29) is 17.9 Å². The minimum absolute atomic E-state index is 0.0735. The maximum Gasteiger partial charge on any atom is 0.234 e. The average Bonchev–Trinajstić information content (AvgIpc) is 2.66. The van der Waals surface area contributed by atoms with Crippen molar-refractivity contribution in [2.24, 2.45) is 11.8 Å². The van der Waals surface area contributed by atoms with Gasteiger partial charge in [0, 0.05) is 25.2 Å². The molecule has 0 bridgehead atoms. The monoisotopic (exact) mass is 359 g/mol. The Kier molecular flexibility index (Phi) is 7.07. The summed E-state index contributed by atoms with van der Waals surface area (Å²) in [5.41, 5.74) is 0. The Bertz CT molecular complexity index is 513. The third kappa shape index (κ3) is 6.33. The molecule has 1 saturated carbocycles. The molecule has 1 aliphatic carbocycles. The second kappa shape index (κ2) is 8.63. The van der Waals surface area contributed by atoms with Crippen LogP contribution in [0.2, 0.25) is 0 Å². The first kappa shape index (κ1) is 19.7. The van der Waals surface area contributed by atoms with Crippen molar-refractivity contribution in [1.29, 1.82) is 0 Å². The van der Waals surface area contributed by atoms with Crippen LogP contribution in [0.15, 0.2) is 0 Å². The van der Waals surface area contributed by atoms with E-state index in [0.29, 0.717) is 25.0 Å². The standard InChI is InChI=1S/C17H33N3O3S/c1-13(2)15-10-20(11-16(15)19-24(3,22)23)12-17(21)18-14-8-6-4-5-7-9-14/h13-16,19H,4-12H2,1-3H3,(H,18,21)/t15-,16+/m1/s1. The van der Waals surface area contributed by atoms with E-state index in [9.17, 15) is 13.2 Å². The smallest absolute Gasteiger partial charge is 0.234 e. The Hall–Kier alpha value is -0.660. The predicted molar refractivity (Wildman–Crippen MR) is 96.2 cm³/mol. The second-order valence-electron chi connectivity index (χ2n) is 7.85. The second-order valence-corrected chi connectivity index (χ2v) is 9.63. The maximum absolute atomic E-state index is 12.4. The molecule has 1 aliphatic heterocycles. The summed E-state index contributed by atoms with van der Waals surface area (Å²) in [7, 11) is -3.23. The summed E-state index contributed by atoms with van der Waals surface area (Å²) < 4.78 is 25.9. The zero-order valence-electron chi connectivity index (χ0n) is 15.3. The van der Waals surface area contributed by atoms with E-state index >= 15 is 0 Å². The molecule has 140 valence electrons. The Labute approximate surface area is 146 Å². The zero-order chi connectivity index (χ0) is 17.7.